The fraction of sp³-hybridized carbons (Fsp3) is 0.286. The van der Waals surface area contributed by atoms with Gasteiger partial charge in [-0.15, -0.1) is 10.2 Å². The molecule has 1 aliphatic heterocycles. The summed E-state index contributed by atoms with van der Waals surface area (Å²) in [7, 11) is 0. The van der Waals surface area contributed by atoms with Crippen molar-refractivity contribution in [2.45, 2.75) is 38.6 Å². The number of nitrogens with zero attached hydrogens (tertiary/aromatic N) is 3. The van der Waals surface area contributed by atoms with Crippen LogP contribution in [-0.4, -0.2) is 20.7 Å². The molecule has 4 rings (SSSR count). The number of hydrogen-bond acceptors (Lipinski definition) is 3. The lowest BCUT2D eigenvalue weighted by Crippen LogP contribution is -2.14. The topological polar surface area (TPSA) is 59.8 Å². The van der Waals surface area contributed by atoms with E-state index >= 15 is 0 Å². The van der Waals surface area contributed by atoms with Gasteiger partial charge in [0.25, 0.3) is 0 Å². The lowest BCUT2D eigenvalue weighted by molar-refractivity contribution is -0.115. The van der Waals surface area contributed by atoms with Gasteiger partial charge in [-0.2, -0.15) is 0 Å². The smallest absolute Gasteiger partial charge is 0.228 e. The molecule has 26 heavy (non-hydrogen) atoms. The Hall–Kier alpha value is -2.95. The molecule has 0 bridgehead atoms. The normalized spacial score (nSPS) is 13.7. The van der Waals surface area contributed by atoms with Gasteiger partial charge in [-0.25, -0.2) is 0 Å². The molecular weight excluding hydrogens is 324 g/mol. The number of nitrogens with one attached hydrogen (secondary N) is 1. The van der Waals surface area contributed by atoms with Gasteiger partial charge in [-0.05, 0) is 42.7 Å². The zero-order valence-electron chi connectivity index (χ0n) is 14.7. The van der Waals surface area contributed by atoms with Crippen LogP contribution in [-0.2, 0) is 24.2 Å². The van der Waals surface area contributed by atoms with Gasteiger partial charge in [0.15, 0.2) is 5.82 Å². The molecule has 0 unspecified atom stereocenters. The van der Waals surface area contributed by atoms with Crippen molar-refractivity contribution >= 4 is 11.6 Å². The van der Waals surface area contributed by atoms with E-state index in [1.54, 1.807) is 0 Å². The van der Waals surface area contributed by atoms with Gasteiger partial charge in [-0.1, -0.05) is 36.8 Å². The molecule has 5 heteroatoms. The van der Waals surface area contributed by atoms with Gasteiger partial charge < -0.3 is 9.88 Å². The van der Waals surface area contributed by atoms with Crippen molar-refractivity contribution in [1.82, 2.24) is 14.8 Å². The number of fused-ring (bicyclic) bond motifs is 1. The van der Waals surface area contributed by atoms with Crippen LogP contribution in [0.1, 0.15) is 30.7 Å². The molecule has 0 fully saturated rings. The lowest BCUT2D eigenvalue weighted by atomic mass is 10.1. The molecule has 1 N–H and O–H groups in total. The summed E-state index contributed by atoms with van der Waals surface area (Å²) in [5.41, 5.74) is 2.84. The van der Waals surface area contributed by atoms with E-state index in [4.69, 9.17) is 0 Å². The summed E-state index contributed by atoms with van der Waals surface area (Å²) in [5, 5.41) is 11.7. The van der Waals surface area contributed by atoms with E-state index in [1.165, 1.54) is 19.3 Å². The van der Waals surface area contributed by atoms with Crippen molar-refractivity contribution in [2.24, 2.45) is 0 Å². The summed E-state index contributed by atoms with van der Waals surface area (Å²) >= 11 is 0. The molecule has 2 aromatic carbocycles. The zero-order chi connectivity index (χ0) is 17.8. The van der Waals surface area contributed by atoms with Gasteiger partial charge in [0.05, 0.1) is 6.42 Å². The summed E-state index contributed by atoms with van der Waals surface area (Å²) in [5.74, 6) is 1.99. The van der Waals surface area contributed by atoms with E-state index in [0.29, 0.717) is 6.42 Å². The van der Waals surface area contributed by atoms with Gasteiger partial charge in [0.2, 0.25) is 5.91 Å². The Bertz CT molecular complexity index is 884. The Morgan fingerprint density at radius 2 is 1.77 bits per heavy atom. The molecule has 3 aromatic rings. The van der Waals surface area contributed by atoms with Crippen molar-refractivity contribution < 1.29 is 4.79 Å². The van der Waals surface area contributed by atoms with Crippen LogP contribution >= 0.6 is 0 Å². The number of rotatable bonds is 4. The zero-order valence-corrected chi connectivity index (χ0v) is 14.7. The van der Waals surface area contributed by atoms with Crippen molar-refractivity contribution in [1.29, 1.82) is 0 Å². The summed E-state index contributed by atoms with van der Waals surface area (Å²) in [4.78, 5) is 12.2. The second kappa shape index (κ2) is 7.52. The maximum absolute atomic E-state index is 12.2. The van der Waals surface area contributed by atoms with Crippen LogP contribution < -0.4 is 5.32 Å². The van der Waals surface area contributed by atoms with Gasteiger partial charge in [0, 0.05) is 24.2 Å². The number of benzene rings is 2. The van der Waals surface area contributed by atoms with Crippen LogP contribution in [0.3, 0.4) is 0 Å². The minimum atomic E-state index is -0.0136. The van der Waals surface area contributed by atoms with E-state index in [1.807, 2.05) is 54.6 Å². The summed E-state index contributed by atoms with van der Waals surface area (Å²) < 4.78 is 2.23. The van der Waals surface area contributed by atoms with Crippen LogP contribution in [0.5, 0.6) is 0 Å². The molecule has 0 atom stereocenters. The Balaban J connectivity index is 1.46. The quantitative estimate of drug-likeness (QED) is 0.780. The predicted molar refractivity (Wildman–Crippen MR) is 102 cm³/mol. The fourth-order valence-electron chi connectivity index (χ4n) is 3.39. The van der Waals surface area contributed by atoms with Crippen molar-refractivity contribution in [3.63, 3.8) is 0 Å². The number of aryl methyl sites for hydroxylation is 1. The molecule has 0 aliphatic carbocycles. The monoisotopic (exact) mass is 346 g/mol. The Morgan fingerprint density at radius 1 is 0.962 bits per heavy atom. The molecule has 0 radical (unpaired) electrons. The van der Waals surface area contributed by atoms with Crippen LogP contribution in [0.2, 0.25) is 0 Å². The first-order chi connectivity index (χ1) is 12.8. The first-order valence-corrected chi connectivity index (χ1v) is 9.16. The Labute approximate surface area is 153 Å². The standard InChI is InChI=1S/C21H22N4O/c26-20(15-16-7-3-1-4-8-16)22-18-12-10-17(11-13-18)21-24-23-19-9-5-2-6-14-25(19)21/h1,3-4,7-8,10-13H,2,5-6,9,14-15H2,(H,22,26). The third kappa shape index (κ3) is 3.67. The minimum absolute atomic E-state index is 0.0136. The van der Waals surface area contributed by atoms with Crippen molar-refractivity contribution in [2.75, 3.05) is 5.32 Å². The lowest BCUT2D eigenvalue weighted by Gasteiger charge is -2.09. The number of aromatic nitrogens is 3. The average molecular weight is 346 g/mol. The van der Waals surface area contributed by atoms with Gasteiger partial charge in [0.1, 0.15) is 5.82 Å². The predicted octanol–water partition coefficient (Wildman–Crippen LogP) is 3.85. The highest BCUT2D eigenvalue weighted by Crippen LogP contribution is 2.24. The summed E-state index contributed by atoms with van der Waals surface area (Å²) in [6, 6.07) is 17.6. The molecule has 1 aromatic heterocycles. The van der Waals surface area contributed by atoms with Crippen LogP contribution in [0.25, 0.3) is 11.4 Å². The third-order valence-corrected chi connectivity index (χ3v) is 4.74. The first kappa shape index (κ1) is 16.5. The van der Waals surface area contributed by atoms with E-state index in [9.17, 15) is 4.79 Å². The van der Waals surface area contributed by atoms with Gasteiger partial charge in [-0.3, -0.25) is 4.79 Å². The molecule has 0 spiro atoms. The SMILES string of the molecule is O=C(Cc1ccccc1)Nc1ccc(-c2nnc3n2CCCCC3)cc1. The van der Waals surface area contributed by atoms with E-state index in [0.717, 1.165) is 41.4 Å². The maximum Gasteiger partial charge on any atom is 0.228 e. The molecule has 5 nitrogen and oxygen atoms in total. The molecule has 0 saturated carbocycles. The highest BCUT2D eigenvalue weighted by Gasteiger charge is 2.16. The average Bonchev–Trinajstić information content (AvgIpc) is 2.91. The summed E-state index contributed by atoms with van der Waals surface area (Å²) in [6.07, 6.45) is 4.98. The van der Waals surface area contributed by atoms with Crippen LogP contribution in [0, 0.1) is 0 Å². The van der Waals surface area contributed by atoms with Crippen LogP contribution in [0.15, 0.2) is 54.6 Å². The second-order valence-electron chi connectivity index (χ2n) is 6.69. The number of amides is 1. The van der Waals surface area contributed by atoms with Crippen molar-refractivity contribution in [3.8, 4) is 11.4 Å². The maximum atomic E-state index is 12.2. The fourth-order valence-corrected chi connectivity index (χ4v) is 3.39. The molecule has 132 valence electrons. The molecule has 1 amide bonds. The van der Waals surface area contributed by atoms with E-state index in [-0.39, 0.29) is 5.91 Å². The first-order valence-electron chi connectivity index (χ1n) is 9.16. The van der Waals surface area contributed by atoms with E-state index in [2.05, 4.69) is 20.1 Å². The minimum Gasteiger partial charge on any atom is -0.326 e. The highest BCUT2D eigenvalue weighted by atomic mass is 16.1. The second-order valence-corrected chi connectivity index (χ2v) is 6.69. The largest absolute Gasteiger partial charge is 0.326 e. The van der Waals surface area contributed by atoms with Crippen molar-refractivity contribution in [3.05, 3.63) is 66.0 Å². The number of carbonyl (C=O) groups is 1. The van der Waals surface area contributed by atoms with E-state index < -0.39 is 0 Å². The number of carbonyl (C=O) groups excluding carboxylic acids is 1. The molecular formula is C21H22N4O. The molecule has 0 saturated heterocycles. The Morgan fingerprint density at radius 3 is 2.58 bits per heavy atom. The van der Waals surface area contributed by atoms with Gasteiger partial charge >= 0.3 is 0 Å². The Kier molecular flexibility index (Phi) is 4.78. The third-order valence-electron chi connectivity index (χ3n) is 4.74. The number of anilines is 1. The molecule has 2 heterocycles. The van der Waals surface area contributed by atoms with Crippen LogP contribution in [0.4, 0.5) is 5.69 Å². The highest BCUT2D eigenvalue weighted by molar-refractivity contribution is 5.92. The summed E-state index contributed by atoms with van der Waals surface area (Å²) in [6.45, 7) is 0.979. The molecule has 1 aliphatic rings. The number of hydrogen-bond donors (Lipinski definition) is 1.